The number of rotatable bonds is 6. The summed E-state index contributed by atoms with van der Waals surface area (Å²) in [4.78, 5) is 16.3. The van der Waals surface area contributed by atoms with Crippen molar-refractivity contribution in [1.82, 2.24) is 10.3 Å². The van der Waals surface area contributed by atoms with Gasteiger partial charge in [0.05, 0.1) is 22.9 Å². The molecule has 112 valence electrons. The van der Waals surface area contributed by atoms with Crippen LogP contribution in [0.4, 0.5) is 0 Å². The summed E-state index contributed by atoms with van der Waals surface area (Å²) in [6.07, 6.45) is 3.95. The van der Waals surface area contributed by atoms with Crippen LogP contribution >= 0.6 is 11.3 Å². The number of amides is 1. The van der Waals surface area contributed by atoms with Crippen LogP contribution in [0.2, 0.25) is 0 Å². The van der Waals surface area contributed by atoms with Crippen molar-refractivity contribution in [3.8, 4) is 0 Å². The Hall–Kier alpha value is -1.72. The molecule has 0 aliphatic rings. The molecule has 0 saturated heterocycles. The number of para-hydroxylation sites is 1. The number of nitrogens with one attached hydrogen (secondary N) is 1. The van der Waals surface area contributed by atoms with Gasteiger partial charge in [-0.15, -0.1) is 11.3 Å². The van der Waals surface area contributed by atoms with Crippen LogP contribution in [0.3, 0.4) is 0 Å². The molecule has 0 spiro atoms. The van der Waals surface area contributed by atoms with Gasteiger partial charge < -0.3 is 10.4 Å². The van der Waals surface area contributed by atoms with Gasteiger partial charge in [0.25, 0.3) is 0 Å². The first-order valence-electron chi connectivity index (χ1n) is 7.03. The van der Waals surface area contributed by atoms with Crippen LogP contribution in [0.1, 0.15) is 25.3 Å². The quantitative estimate of drug-likeness (QED) is 0.807. The third kappa shape index (κ3) is 4.65. The van der Waals surface area contributed by atoms with Crippen LogP contribution in [0.15, 0.2) is 30.3 Å². The van der Waals surface area contributed by atoms with E-state index in [4.69, 9.17) is 0 Å². The topological polar surface area (TPSA) is 62.2 Å². The van der Waals surface area contributed by atoms with Gasteiger partial charge in [0, 0.05) is 6.08 Å². The first-order chi connectivity index (χ1) is 10.1. The average Bonchev–Trinajstić information content (AvgIpc) is 2.86. The predicted molar refractivity (Wildman–Crippen MR) is 87.1 cm³/mol. The lowest BCUT2D eigenvalue weighted by molar-refractivity contribution is -0.117. The van der Waals surface area contributed by atoms with E-state index >= 15 is 0 Å². The highest BCUT2D eigenvalue weighted by atomic mass is 32.1. The SMILES string of the molecule is CC(C)CC(CO)NC(=O)/C=C/c1nc2ccccc2s1. The lowest BCUT2D eigenvalue weighted by Crippen LogP contribution is -2.37. The molecule has 1 aromatic carbocycles. The monoisotopic (exact) mass is 304 g/mol. The number of hydrogen-bond donors (Lipinski definition) is 2. The Balaban J connectivity index is 1.97. The Labute approximate surface area is 128 Å². The third-order valence-electron chi connectivity index (χ3n) is 3.01. The Morgan fingerprint density at radius 1 is 1.43 bits per heavy atom. The summed E-state index contributed by atoms with van der Waals surface area (Å²) in [6, 6.07) is 7.68. The summed E-state index contributed by atoms with van der Waals surface area (Å²) in [7, 11) is 0. The number of aromatic nitrogens is 1. The van der Waals surface area contributed by atoms with Gasteiger partial charge in [0.2, 0.25) is 5.91 Å². The summed E-state index contributed by atoms with van der Waals surface area (Å²) in [5.41, 5.74) is 0.940. The molecule has 0 aliphatic carbocycles. The van der Waals surface area contributed by atoms with E-state index in [0.717, 1.165) is 21.6 Å². The maximum absolute atomic E-state index is 11.9. The molecule has 2 N–H and O–H groups in total. The fourth-order valence-corrected chi connectivity index (χ4v) is 2.98. The molecule has 0 aliphatic heterocycles. The van der Waals surface area contributed by atoms with Gasteiger partial charge in [0.15, 0.2) is 0 Å². The first kappa shape index (κ1) is 15.7. The van der Waals surface area contributed by atoms with Gasteiger partial charge in [-0.2, -0.15) is 0 Å². The molecular weight excluding hydrogens is 284 g/mol. The summed E-state index contributed by atoms with van der Waals surface area (Å²) in [5.74, 6) is 0.227. The van der Waals surface area contributed by atoms with Crippen molar-refractivity contribution in [3.63, 3.8) is 0 Å². The van der Waals surface area contributed by atoms with Crippen molar-refractivity contribution < 1.29 is 9.90 Å². The summed E-state index contributed by atoms with van der Waals surface area (Å²) in [5, 5.41) is 12.9. The van der Waals surface area contributed by atoms with Crippen molar-refractivity contribution in [2.24, 2.45) is 5.92 Å². The van der Waals surface area contributed by atoms with Crippen molar-refractivity contribution in [1.29, 1.82) is 0 Å². The number of carbonyl (C=O) groups is 1. The molecular formula is C16H20N2O2S. The van der Waals surface area contributed by atoms with Crippen molar-refractivity contribution in [3.05, 3.63) is 35.3 Å². The zero-order valence-corrected chi connectivity index (χ0v) is 13.1. The number of nitrogens with zero attached hydrogens (tertiary/aromatic N) is 1. The van der Waals surface area contributed by atoms with E-state index in [1.54, 1.807) is 17.4 Å². The second kappa shape index (κ2) is 7.33. The minimum absolute atomic E-state index is 0.0428. The smallest absolute Gasteiger partial charge is 0.244 e. The molecule has 1 heterocycles. The molecule has 0 saturated carbocycles. The molecule has 21 heavy (non-hydrogen) atoms. The largest absolute Gasteiger partial charge is 0.394 e. The van der Waals surface area contributed by atoms with Crippen molar-refractivity contribution >= 4 is 33.5 Å². The molecule has 2 aromatic rings. The van der Waals surface area contributed by atoms with Gasteiger partial charge in [-0.25, -0.2) is 4.98 Å². The standard InChI is InChI=1S/C16H20N2O2S/c1-11(2)9-12(10-19)17-15(20)7-8-16-18-13-5-3-4-6-14(13)21-16/h3-8,11-12,19H,9-10H2,1-2H3,(H,17,20)/b8-7+. The first-order valence-corrected chi connectivity index (χ1v) is 7.85. The fraction of sp³-hybridized carbons (Fsp3) is 0.375. The molecule has 4 nitrogen and oxygen atoms in total. The third-order valence-corrected chi connectivity index (χ3v) is 4.01. The second-order valence-electron chi connectivity index (χ2n) is 5.37. The van der Waals surface area contributed by atoms with Crippen LogP contribution < -0.4 is 5.32 Å². The second-order valence-corrected chi connectivity index (χ2v) is 6.43. The summed E-state index contributed by atoms with van der Waals surface area (Å²) in [6.45, 7) is 4.08. The number of hydrogen-bond acceptors (Lipinski definition) is 4. The van der Waals surface area contributed by atoms with E-state index in [1.165, 1.54) is 6.08 Å². The predicted octanol–water partition coefficient (Wildman–Crippen LogP) is 2.83. The highest BCUT2D eigenvalue weighted by Gasteiger charge is 2.11. The highest BCUT2D eigenvalue weighted by molar-refractivity contribution is 7.19. The van der Waals surface area contributed by atoms with Crippen LogP contribution in [0.25, 0.3) is 16.3 Å². The Morgan fingerprint density at radius 2 is 2.19 bits per heavy atom. The van der Waals surface area contributed by atoms with Crippen molar-refractivity contribution in [2.75, 3.05) is 6.61 Å². The average molecular weight is 304 g/mol. The maximum atomic E-state index is 11.9. The van der Waals surface area contributed by atoms with Crippen LogP contribution in [0.5, 0.6) is 0 Å². The van der Waals surface area contributed by atoms with E-state index < -0.39 is 0 Å². The van der Waals surface area contributed by atoms with E-state index in [-0.39, 0.29) is 18.6 Å². The Morgan fingerprint density at radius 3 is 2.86 bits per heavy atom. The molecule has 1 unspecified atom stereocenters. The molecule has 1 amide bonds. The zero-order valence-electron chi connectivity index (χ0n) is 12.2. The minimum atomic E-state index is -0.200. The number of aliphatic hydroxyl groups excluding tert-OH is 1. The number of carbonyl (C=O) groups excluding carboxylic acids is 1. The minimum Gasteiger partial charge on any atom is -0.394 e. The van der Waals surface area contributed by atoms with E-state index in [2.05, 4.69) is 24.1 Å². The Bertz CT molecular complexity index is 601. The number of benzene rings is 1. The molecule has 1 aromatic heterocycles. The van der Waals surface area contributed by atoms with E-state index in [9.17, 15) is 9.90 Å². The Kier molecular flexibility index (Phi) is 5.47. The molecule has 0 fully saturated rings. The van der Waals surface area contributed by atoms with Crippen LogP contribution in [-0.2, 0) is 4.79 Å². The molecule has 1 atom stereocenters. The zero-order chi connectivity index (χ0) is 15.2. The van der Waals surface area contributed by atoms with Crippen LogP contribution in [-0.4, -0.2) is 28.6 Å². The molecule has 2 rings (SSSR count). The fourth-order valence-electron chi connectivity index (χ4n) is 2.11. The van der Waals surface area contributed by atoms with Gasteiger partial charge >= 0.3 is 0 Å². The van der Waals surface area contributed by atoms with Crippen molar-refractivity contribution in [2.45, 2.75) is 26.3 Å². The van der Waals surface area contributed by atoms with Gasteiger partial charge in [-0.05, 0) is 30.5 Å². The molecule has 5 heteroatoms. The van der Waals surface area contributed by atoms with Gasteiger partial charge in [0.1, 0.15) is 5.01 Å². The summed E-state index contributed by atoms with van der Waals surface area (Å²) >= 11 is 1.55. The highest BCUT2D eigenvalue weighted by Crippen LogP contribution is 2.22. The number of aliphatic hydroxyl groups is 1. The molecule has 0 bridgehead atoms. The molecule has 0 radical (unpaired) electrons. The summed E-state index contributed by atoms with van der Waals surface area (Å²) < 4.78 is 1.10. The van der Waals surface area contributed by atoms with E-state index in [1.807, 2.05) is 24.3 Å². The lowest BCUT2D eigenvalue weighted by Gasteiger charge is -2.16. The number of thiazole rings is 1. The number of fused-ring (bicyclic) bond motifs is 1. The lowest BCUT2D eigenvalue weighted by atomic mass is 10.0. The van der Waals surface area contributed by atoms with Gasteiger partial charge in [-0.1, -0.05) is 26.0 Å². The van der Waals surface area contributed by atoms with E-state index in [0.29, 0.717) is 5.92 Å². The normalized spacial score (nSPS) is 13.1. The van der Waals surface area contributed by atoms with Gasteiger partial charge in [-0.3, -0.25) is 4.79 Å². The van der Waals surface area contributed by atoms with Crippen LogP contribution in [0, 0.1) is 5.92 Å². The maximum Gasteiger partial charge on any atom is 0.244 e.